The average molecular weight is 310 g/mol. The quantitative estimate of drug-likeness (QED) is 0.392. The van der Waals surface area contributed by atoms with Crippen LogP contribution < -0.4 is 16.0 Å². The first kappa shape index (κ1) is 17.5. The predicted molar refractivity (Wildman–Crippen MR) is 90.1 cm³/mol. The zero-order valence-electron chi connectivity index (χ0n) is 13.1. The van der Waals surface area contributed by atoms with E-state index in [2.05, 4.69) is 41.7 Å². The lowest BCUT2D eigenvalue weighted by molar-refractivity contribution is 0.0957. The molecule has 1 rings (SSSR count). The summed E-state index contributed by atoms with van der Waals surface area (Å²) in [5, 5.41) is 11.4. The molecule has 6 heteroatoms. The zero-order chi connectivity index (χ0) is 15.5. The topological polar surface area (TPSA) is 65.5 Å². The number of carbonyl (C=O) groups is 1. The Labute approximate surface area is 131 Å². The molecule has 1 amide bonds. The van der Waals surface area contributed by atoms with Gasteiger partial charge in [0.15, 0.2) is 5.96 Å². The van der Waals surface area contributed by atoms with Crippen LogP contribution in [0.15, 0.2) is 22.5 Å². The van der Waals surface area contributed by atoms with Crippen molar-refractivity contribution in [1.29, 1.82) is 0 Å². The lowest BCUT2D eigenvalue weighted by Crippen LogP contribution is -2.42. The molecule has 0 spiro atoms. The van der Waals surface area contributed by atoms with Gasteiger partial charge in [0.1, 0.15) is 0 Å². The van der Waals surface area contributed by atoms with Crippen LogP contribution in [-0.4, -0.2) is 37.5 Å². The molecule has 0 aliphatic carbocycles. The largest absolute Gasteiger partial charge is 0.357 e. The molecule has 0 fully saturated rings. The van der Waals surface area contributed by atoms with E-state index in [0.29, 0.717) is 19.1 Å². The highest BCUT2D eigenvalue weighted by molar-refractivity contribution is 7.12. The third kappa shape index (κ3) is 7.13. The number of thiophene rings is 1. The summed E-state index contributed by atoms with van der Waals surface area (Å²) in [6, 6.07) is 4.12. The number of amides is 1. The number of guanidine groups is 1. The van der Waals surface area contributed by atoms with Crippen molar-refractivity contribution < 1.29 is 4.79 Å². The molecule has 1 unspecified atom stereocenters. The van der Waals surface area contributed by atoms with E-state index in [1.807, 2.05) is 17.5 Å². The van der Waals surface area contributed by atoms with Gasteiger partial charge in [-0.1, -0.05) is 13.0 Å². The lowest BCUT2D eigenvalue weighted by atomic mass is 10.3. The molecule has 1 atom stereocenters. The summed E-state index contributed by atoms with van der Waals surface area (Å²) in [6.07, 6.45) is 1.88. The number of carbonyl (C=O) groups excluding carboxylic acids is 1. The minimum absolute atomic E-state index is 0.00128. The molecular weight excluding hydrogens is 284 g/mol. The number of nitrogens with zero attached hydrogens (tertiary/aromatic N) is 1. The van der Waals surface area contributed by atoms with E-state index in [4.69, 9.17) is 0 Å². The molecule has 0 aromatic carbocycles. The molecule has 0 saturated carbocycles. The van der Waals surface area contributed by atoms with Crippen molar-refractivity contribution in [2.24, 2.45) is 4.99 Å². The van der Waals surface area contributed by atoms with Gasteiger partial charge in [-0.25, -0.2) is 0 Å². The van der Waals surface area contributed by atoms with E-state index in [1.165, 1.54) is 11.3 Å². The summed E-state index contributed by atoms with van der Waals surface area (Å²) in [7, 11) is 0. The van der Waals surface area contributed by atoms with Crippen molar-refractivity contribution in [2.75, 3.05) is 19.6 Å². The molecule has 1 aromatic rings. The number of rotatable bonds is 8. The number of hydrogen-bond acceptors (Lipinski definition) is 3. The Balaban J connectivity index is 2.26. The summed E-state index contributed by atoms with van der Waals surface area (Å²) in [5.41, 5.74) is 0. The van der Waals surface area contributed by atoms with Crippen molar-refractivity contribution in [3.8, 4) is 0 Å². The van der Waals surface area contributed by atoms with E-state index in [-0.39, 0.29) is 5.91 Å². The average Bonchev–Trinajstić information content (AvgIpc) is 3.00. The monoisotopic (exact) mass is 310 g/mol. The number of nitrogens with one attached hydrogen (secondary N) is 3. The Morgan fingerprint density at radius 1 is 1.38 bits per heavy atom. The molecule has 1 heterocycles. The van der Waals surface area contributed by atoms with E-state index < -0.39 is 0 Å². The van der Waals surface area contributed by atoms with Crippen LogP contribution in [0.5, 0.6) is 0 Å². The van der Waals surface area contributed by atoms with Gasteiger partial charge in [0.25, 0.3) is 5.91 Å². The molecule has 118 valence electrons. The van der Waals surface area contributed by atoms with Crippen LogP contribution >= 0.6 is 11.3 Å². The van der Waals surface area contributed by atoms with Gasteiger partial charge in [0.2, 0.25) is 0 Å². The Morgan fingerprint density at radius 3 is 2.81 bits per heavy atom. The summed E-state index contributed by atoms with van der Waals surface area (Å²) in [6.45, 7) is 8.50. The normalized spacial score (nSPS) is 12.8. The van der Waals surface area contributed by atoms with E-state index in [9.17, 15) is 4.79 Å². The number of hydrogen-bond donors (Lipinski definition) is 3. The Kier molecular flexibility index (Phi) is 8.50. The van der Waals surface area contributed by atoms with Crippen molar-refractivity contribution in [1.82, 2.24) is 16.0 Å². The highest BCUT2D eigenvalue weighted by Crippen LogP contribution is 2.07. The van der Waals surface area contributed by atoms with E-state index >= 15 is 0 Å². The van der Waals surface area contributed by atoms with E-state index in [0.717, 1.165) is 30.2 Å². The van der Waals surface area contributed by atoms with Crippen LogP contribution in [0.3, 0.4) is 0 Å². The SMILES string of the molecule is CCNC(=NCCCNC(=O)c1cccs1)NC(C)CC. The van der Waals surface area contributed by atoms with Crippen LogP contribution in [0.4, 0.5) is 0 Å². The lowest BCUT2D eigenvalue weighted by Gasteiger charge is -2.16. The van der Waals surface area contributed by atoms with Crippen molar-refractivity contribution in [2.45, 2.75) is 39.7 Å². The van der Waals surface area contributed by atoms with Gasteiger partial charge in [-0.2, -0.15) is 0 Å². The van der Waals surface area contributed by atoms with Gasteiger partial charge in [-0.3, -0.25) is 9.79 Å². The summed E-state index contributed by atoms with van der Waals surface area (Å²) in [5.74, 6) is 0.843. The molecule has 21 heavy (non-hydrogen) atoms. The fraction of sp³-hybridized carbons (Fsp3) is 0.600. The second-order valence-electron chi connectivity index (χ2n) is 4.80. The summed E-state index contributed by atoms with van der Waals surface area (Å²) < 4.78 is 0. The second-order valence-corrected chi connectivity index (χ2v) is 5.75. The third-order valence-corrected chi connectivity index (χ3v) is 3.84. The van der Waals surface area contributed by atoms with Gasteiger partial charge in [-0.15, -0.1) is 11.3 Å². The summed E-state index contributed by atoms with van der Waals surface area (Å²) in [4.78, 5) is 17.0. The van der Waals surface area contributed by atoms with Gasteiger partial charge >= 0.3 is 0 Å². The van der Waals surface area contributed by atoms with Crippen molar-refractivity contribution in [3.63, 3.8) is 0 Å². The van der Waals surface area contributed by atoms with Gasteiger partial charge in [0.05, 0.1) is 4.88 Å². The second kappa shape index (κ2) is 10.2. The molecular formula is C15H26N4OS. The number of aliphatic imine (C=N–C) groups is 1. The smallest absolute Gasteiger partial charge is 0.261 e. The van der Waals surface area contributed by atoms with E-state index in [1.54, 1.807) is 0 Å². The molecule has 1 aromatic heterocycles. The van der Waals surface area contributed by atoms with Crippen LogP contribution in [0.25, 0.3) is 0 Å². The first-order valence-corrected chi connectivity index (χ1v) is 8.41. The maximum atomic E-state index is 11.7. The fourth-order valence-electron chi connectivity index (χ4n) is 1.62. The first-order valence-electron chi connectivity index (χ1n) is 7.53. The summed E-state index contributed by atoms with van der Waals surface area (Å²) >= 11 is 1.46. The maximum absolute atomic E-state index is 11.7. The van der Waals surface area contributed by atoms with Gasteiger partial charge < -0.3 is 16.0 Å². The fourth-order valence-corrected chi connectivity index (χ4v) is 2.26. The van der Waals surface area contributed by atoms with Crippen LogP contribution in [0, 0.1) is 0 Å². The third-order valence-electron chi connectivity index (χ3n) is 2.98. The minimum Gasteiger partial charge on any atom is -0.357 e. The molecule has 0 aliphatic rings. The molecule has 0 saturated heterocycles. The molecule has 3 N–H and O–H groups in total. The highest BCUT2D eigenvalue weighted by Gasteiger charge is 2.05. The maximum Gasteiger partial charge on any atom is 0.261 e. The molecule has 0 radical (unpaired) electrons. The minimum atomic E-state index is -0.00128. The molecule has 0 bridgehead atoms. The molecule has 0 aliphatic heterocycles. The predicted octanol–water partition coefficient (Wildman–Crippen LogP) is 2.22. The highest BCUT2D eigenvalue weighted by atomic mass is 32.1. The van der Waals surface area contributed by atoms with Crippen LogP contribution in [0.2, 0.25) is 0 Å². The van der Waals surface area contributed by atoms with Crippen molar-refractivity contribution in [3.05, 3.63) is 22.4 Å². The van der Waals surface area contributed by atoms with Crippen LogP contribution in [0.1, 0.15) is 43.3 Å². The van der Waals surface area contributed by atoms with Crippen molar-refractivity contribution >= 4 is 23.2 Å². The zero-order valence-corrected chi connectivity index (χ0v) is 13.9. The standard InChI is InChI=1S/C15H26N4OS/c1-4-12(3)19-15(16-5-2)18-10-7-9-17-14(20)13-8-6-11-21-13/h6,8,11-12H,4-5,7,9-10H2,1-3H3,(H,17,20)(H2,16,18,19). The molecule has 5 nitrogen and oxygen atoms in total. The first-order chi connectivity index (χ1) is 10.2. The van der Waals surface area contributed by atoms with Crippen LogP contribution in [-0.2, 0) is 0 Å². The van der Waals surface area contributed by atoms with Gasteiger partial charge in [0, 0.05) is 25.7 Å². The Morgan fingerprint density at radius 2 is 2.19 bits per heavy atom. The Bertz CT molecular complexity index is 431. The Hall–Kier alpha value is -1.56. The van der Waals surface area contributed by atoms with Gasteiger partial charge in [-0.05, 0) is 38.1 Å².